The van der Waals surface area contributed by atoms with Gasteiger partial charge in [-0.2, -0.15) is 9.61 Å². The summed E-state index contributed by atoms with van der Waals surface area (Å²) in [5.74, 6) is 0.483. The molecule has 0 aliphatic carbocycles. The normalized spacial score (nSPS) is 11.4. The topological polar surface area (TPSA) is 50.5 Å². The molecule has 0 aliphatic heterocycles. The number of nitrogens with zero attached hydrogens (tertiary/aromatic N) is 4. The molecular formula is C17H19ClN4OS. The summed E-state index contributed by atoms with van der Waals surface area (Å²) in [6, 6.07) is 9.31. The summed E-state index contributed by atoms with van der Waals surface area (Å²) in [6.45, 7) is 7.64. The van der Waals surface area contributed by atoms with Gasteiger partial charge in [0.25, 0.3) is 5.56 Å². The first kappa shape index (κ1) is 16.9. The highest BCUT2D eigenvalue weighted by Crippen LogP contribution is 2.21. The molecule has 3 rings (SSSR count). The lowest BCUT2D eigenvalue weighted by Crippen LogP contribution is -2.28. The Hall–Kier alpha value is -1.92. The fraction of sp³-hybridized carbons (Fsp3) is 0.353. The molecule has 24 heavy (non-hydrogen) atoms. The van der Waals surface area contributed by atoms with Crippen molar-refractivity contribution < 1.29 is 0 Å². The van der Waals surface area contributed by atoms with Crippen LogP contribution in [0.5, 0.6) is 0 Å². The predicted octanol–water partition coefficient (Wildman–Crippen LogP) is 3.78. The summed E-state index contributed by atoms with van der Waals surface area (Å²) in [5.41, 5.74) is 1.68. The van der Waals surface area contributed by atoms with Gasteiger partial charge in [-0.25, -0.2) is 4.98 Å². The van der Waals surface area contributed by atoms with Crippen molar-refractivity contribution in [1.82, 2.24) is 14.6 Å². The third kappa shape index (κ3) is 3.76. The lowest BCUT2D eigenvalue weighted by molar-refractivity contribution is 0.605. The van der Waals surface area contributed by atoms with Gasteiger partial charge in [-0.05, 0) is 37.1 Å². The molecule has 126 valence electrons. The zero-order valence-electron chi connectivity index (χ0n) is 13.9. The fourth-order valence-corrected chi connectivity index (χ4v) is 3.48. The summed E-state index contributed by atoms with van der Waals surface area (Å²) in [5, 5.41) is 5.72. The van der Waals surface area contributed by atoms with Crippen LogP contribution in [0.15, 0.2) is 35.1 Å². The Morgan fingerprint density at radius 3 is 2.67 bits per heavy atom. The summed E-state index contributed by atoms with van der Waals surface area (Å²) >= 11 is 7.41. The second kappa shape index (κ2) is 6.91. The standard InChI is InChI=1S/C17H19ClN4OS/c1-11(2)9-21(15-6-4-13(18)5-7-15)10-14-8-16(23)22-17(19-14)24-12(3)20-22/h4-8,11H,9-10H2,1-3H3. The molecule has 2 aromatic heterocycles. The van der Waals surface area contributed by atoms with Gasteiger partial charge >= 0.3 is 0 Å². The fourth-order valence-electron chi connectivity index (χ4n) is 2.58. The Balaban J connectivity index is 1.94. The van der Waals surface area contributed by atoms with Gasteiger partial charge in [0, 0.05) is 23.3 Å². The maximum absolute atomic E-state index is 12.2. The zero-order valence-corrected chi connectivity index (χ0v) is 15.4. The summed E-state index contributed by atoms with van der Waals surface area (Å²) in [7, 11) is 0. The Bertz CT molecular complexity index is 901. The van der Waals surface area contributed by atoms with E-state index in [2.05, 4.69) is 28.8 Å². The Kier molecular flexibility index (Phi) is 4.87. The van der Waals surface area contributed by atoms with Crippen LogP contribution in [-0.2, 0) is 6.54 Å². The molecule has 7 heteroatoms. The van der Waals surface area contributed by atoms with Crippen LogP contribution < -0.4 is 10.5 Å². The number of halogens is 1. The Morgan fingerprint density at radius 1 is 1.29 bits per heavy atom. The van der Waals surface area contributed by atoms with Crippen LogP contribution in [0.3, 0.4) is 0 Å². The number of rotatable bonds is 5. The van der Waals surface area contributed by atoms with E-state index in [9.17, 15) is 4.79 Å². The quantitative estimate of drug-likeness (QED) is 0.693. The van der Waals surface area contributed by atoms with Gasteiger partial charge < -0.3 is 4.90 Å². The Morgan fingerprint density at radius 2 is 2.00 bits per heavy atom. The van der Waals surface area contributed by atoms with Crippen molar-refractivity contribution in [3.05, 3.63) is 56.4 Å². The highest BCUT2D eigenvalue weighted by Gasteiger charge is 2.13. The first-order chi connectivity index (χ1) is 11.4. The van der Waals surface area contributed by atoms with Crippen LogP contribution in [0.4, 0.5) is 5.69 Å². The molecule has 0 fully saturated rings. The van der Waals surface area contributed by atoms with E-state index in [0.29, 0.717) is 22.4 Å². The summed E-state index contributed by atoms with van der Waals surface area (Å²) in [6.07, 6.45) is 0. The minimum absolute atomic E-state index is 0.139. The molecular weight excluding hydrogens is 344 g/mol. The van der Waals surface area contributed by atoms with Gasteiger partial charge in [-0.1, -0.05) is 36.8 Å². The van der Waals surface area contributed by atoms with E-state index in [-0.39, 0.29) is 5.56 Å². The molecule has 0 saturated carbocycles. The molecule has 0 aliphatic rings. The number of hydrogen-bond donors (Lipinski definition) is 0. The molecule has 0 atom stereocenters. The third-order valence-corrected chi connectivity index (χ3v) is 4.61. The van der Waals surface area contributed by atoms with E-state index in [0.717, 1.165) is 22.9 Å². The average molecular weight is 363 g/mol. The largest absolute Gasteiger partial charge is 0.365 e. The maximum atomic E-state index is 12.2. The van der Waals surface area contributed by atoms with Crippen LogP contribution >= 0.6 is 22.9 Å². The van der Waals surface area contributed by atoms with Crippen molar-refractivity contribution in [3.63, 3.8) is 0 Å². The molecule has 0 amide bonds. The van der Waals surface area contributed by atoms with E-state index in [1.165, 1.54) is 15.9 Å². The minimum atomic E-state index is -0.139. The van der Waals surface area contributed by atoms with Crippen LogP contribution in [0.2, 0.25) is 5.02 Å². The van der Waals surface area contributed by atoms with Gasteiger partial charge in [0.1, 0.15) is 5.01 Å². The van der Waals surface area contributed by atoms with Crippen LogP contribution in [0.1, 0.15) is 24.5 Å². The third-order valence-electron chi connectivity index (χ3n) is 3.53. The molecule has 0 spiro atoms. The molecule has 0 unspecified atom stereocenters. The highest BCUT2D eigenvalue weighted by molar-refractivity contribution is 7.16. The number of aromatic nitrogens is 3. The van der Waals surface area contributed by atoms with Crippen molar-refractivity contribution in [3.8, 4) is 0 Å². The second-order valence-electron chi connectivity index (χ2n) is 6.15. The summed E-state index contributed by atoms with van der Waals surface area (Å²) in [4.78, 5) is 19.7. The number of fused-ring (bicyclic) bond motifs is 1. The molecule has 0 saturated heterocycles. The second-order valence-corrected chi connectivity index (χ2v) is 7.75. The number of hydrogen-bond acceptors (Lipinski definition) is 5. The number of anilines is 1. The van der Waals surface area contributed by atoms with Crippen LogP contribution in [0, 0.1) is 12.8 Å². The van der Waals surface area contributed by atoms with Crippen LogP contribution in [0.25, 0.3) is 4.96 Å². The Labute approximate surface area is 149 Å². The average Bonchev–Trinajstić information content (AvgIpc) is 2.88. The molecule has 5 nitrogen and oxygen atoms in total. The lowest BCUT2D eigenvalue weighted by atomic mass is 10.1. The number of aryl methyl sites for hydroxylation is 1. The van der Waals surface area contributed by atoms with Crippen molar-refractivity contribution in [2.75, 3.05) is 11.4 Å². The van der Waals surface area contributed by atoms with E-state index in [1.807, 2.05) is 31.2 Å². The van der Waals surface area contributed by atoms with Gasteiger partial charge in [0.15, 0.2) is 0 Å². The maximum Gasteiger partial charge on any atom is 0.275 e. The van der Waals surface area contributed by atoms with Gasteiger partial charge in [-0.3, -0.25) is 4.79 Å². The molecule has 0 bridgehead atoms. The highest BCUT2D eigenvalue weighted by atomic mass is 35.5. The molecule has 3 aromatic rings. The zero-order chi connectivity index (χ0) is 17.3. The monoisotopic (exact) mass is 362 g/mol. The van der Waals surface area contributed by atoms with E-state index in [1.54, 1.807) is 6.07 Å². The number of benzene rings is 1. The molecule has 2 heterocycles. The van der Waals surface area contributed by atoms with E-state index in [4.69, 9.17) is 11.6 Å². The van der Waals surface area contributed by atoms with E-state index >= 15 is 0 Å². The smallest absolute Gasteiger partial charge is 0.275 e. The molecule has 0 N–H and O–H groups in total. The van der Waals surface area contributed by atoms with Gasteiger partial charge in [0.2, 0.25) is 4.96 Å². The first-order valence-corrected chi connectivity index (χ1v) is 8.99. The SMILES string of the molecule is Cc1nn2c(=O)cc(CN(CC(C)C)c3ccc(Cl)cc3)nc2s1. The molecule has 0 radical (unpaired) electrons. The first-order valence-electron chi connectivity index (χ1n) is 7.79. The summed E-state index contributed by atoms with van der Waals surface area (Å²) < 4.78 is 1.36. The van der Waals surface area contributed by atoms with Crippen molar-refractivity contribution in [2.24, 2.45) is 5.92 Å². The van der Waals surface area contributed by atoms with Gasteiger partial charge in [-0.15, -0.1) is 0 Å². The molecule has 1 aromatic carbocycles. The van der Waals surface area contributed by atoms with Gasteiger partial charge in [0.05, 0.1) is 12.2 Å². The van der Waals surface area contributed by atoms with Crippen molar-refractivity contribution in [1.29, 1.82) is 0 Å². The minimum Gasteiger partial charge on any atom is -0.365 e. The van der Waals surface area contributed by atoms with E-state index < -0.39 is 0 Å². The lowest BCUT2D eigenvalue weighted by Gasteiger charge is -2.26. The predicted molar refractivity (Wildman–Crippen MR) is 99.2 cm³/mol. The van der Waals surface area contributed by atoms with Crippen molar-refractivity contribution in [2.45, 2.75) is 27.3 Å². The van der Waals surface area contributed by atoms with Crippen LogP contribution in [-0.4, -0.2) is 21.1 Å². The van der Waals surface area contributed by atoms with Crippen molar-refractivity contribution >= 4 is 33.6 Å².